The number of rotatable bonds is 8. The van der Waals surface area contributed by atoms with Crippen molar-refractivity contribution >= 4 is 11.6 Å². The van der Waals surface area contributed by atoms with Crippen LogP contribution in [-0.2, 0) is 16.0 Å². The standard InChI is InChI=1S/C13H20ClNO4/c1-16-10-6-5-9(12(14)13(10)19-4)7-15-8-11(17-2)18-3/h5-6,11,15H,7-8H2,1-4H3. The van der Waals surface area contributed by atoms with Gasteiger partial charge in [0.2, 0.25) is 0 Å². The maximum atomic E-state index is 6.27. The first kappa shape index (κ1) is 16.0. The second-order valence-corrected chi connectivity index (χ2v) is 4.18. The van der Waals surface area contributed by atoms with Crippen LogP contribution >= 0.6 is 11.6 Å². The normalized spacial score (nSPS) is 10.8. The summed E-state index contributed by atoms with van der Waals surface area (Å²) in [6, 6.07) is 3.72. The SMILES string of the molecule is COc1ccc(CNCC(OC)OC)c(Cl)c1OC. The Labute approximate surface area is 118 Å². The summed E-state index contributed by atoms with van der Waals surface area (Å²) in [5.41, 5.74) is 0.922. The summed E-state index contributed by atoms with van der Waals surface area (Å²) in [6.45, 7) is 1.15. The van der Waals surface area contributed by atoms with Crippen molar-refractivity contribution in [2.45, 2.75) is 12.8 Å². The molecule has 0 unspecified atom stereocenters. The monoisotopic (exact) mass is 289 g/mol. The molecular formula is C13H20ClNO4. The van der Waals surface area contributed by atoms with E-state index in [0.29, 0.717) is 29.6 Å². The highest BCUT2D eigenvalue weighted by molar-refractivity contribution is 6.33. The predicted molar refractivity (Wildman–Crippen MR) is 74.1 cm³/mol. The lowest BCUT2D eigenvalue weighted by Crippen LogP contribution is -2.29. The summed E-state index contributed by atoms with van der Waals surface area (Å²) < 4.78 is 20.6. The topological polar surface area (TPSA) is 49.0 Å². The predicted octanol–water partition coefficient (Wildman–Crippen LogP) is 2.07. The molecule has 6 heteroatoms. The Kier molecular flexibility index (Phi) is 6.94. The molecule has 0 aliphatic heterocycles. The average Bonchev–Trinajstić information content (AvgIpc) is 2.44. The van der Waals surface area contributed by atoms with Gasteiger partial charge in [-0.2, -0.15) is 0 Å². The lowest BCUT2D eigenvalue weighted by molar-refractivity contribution is -0.0989. The first-order valence-corrected chi connectivity index (χ1v) is 6.21. The number of hydrogen-bond donors (Lipinski definition) is 1. The first-order chi connectivity index (χ1) is 9.17. The molecule has 0 bridgehead atoms. The lowest BCUT2D eigenvalue weighted by Gasteiger charge is -2.16. The van der Waals surface area contributed by atoms with Crippen LogP contribution in [0.1, 0.15) is 5.56 Å². The zero-order valence-electron chi connectivity index (χ0n) is 11.7. The summed E-state index contributed by atoms with van der Waals surface area (Å²) in [6.07, 6.45) is -0.279. The lowest BCUT2D eigenvalue weighted by atomic mass is 10.2. The second kappa shape index (κ2) is 8.22. The molecule has 0 aliphatic carbocycles. The quantitative estimate of drug-likeness (QED) is 0.743. The smallest absolute Gasteiger partial charge is 0.179 e. The molecule has 5 nitrogen and oxygen atoms in total. The fourth-order valence-corrected chi connectivity index (χ4v) is 1.95. The molecule has 0 spiro atoms. The summed E-state index contributed by atoms with van der Waals surface area (Å²) >= 11 is 6.27. The van der Waals surface area contributed by atoms with Crippen LogP contribution in [0.15, 0.2) is 12.1 Å². The minimum absolute atomic E-state index is 0.279. The molecular weight excluding hydrogens is 270 g/mol. The van der Waals surface area contributed by atoms with Crippen LogP contribution in [-0.4, -0.2) is 41.3 Å². The van der Waals surface area contributed by atoms with Gasteiger partial charge in [-0.15, -0.1) is 0 Å². The van der Waals surface area contributed by atoms with Crippen LogP contribution in [0.25, 0.3) is 0 Å². The average molecular weight is 290 g/mol. The number of ether oxygens (including phenoxy) is 4. The van der Waals surface area contributed by atoms with E-state index in [1.807, 2.05) is 12.1 Å². The van der Waals surface area contributed by atoms with E-state index in [2.05, 4.69) is 5.32 Å². The van der Waals surface area contributed by atoms with Crippen molar-refractivity contribution in [3.05, 3.63) is 22.7 Å². The third-order valence-electron chi connectivity index (χ3n) is 2.72. The summed E-state index contributed by atoms with van der Waals surface area (Å²) in [7, 11) is 6.33. The van der Waals surface area contributed by atoms with Gasteiger partial charge in [0.05, 0.1) is 19.2 Å². The molecule has 0 fully saturated rings. The van der Waals surface area contributed by atoms with Crippen LogP contribution in [0.5, 0.6) is 11.5 Å². The molecule has 0 saturated heterocycles. The molecule has 0 amide bonds. The van der Waals surface area contributed by atoms with E-state index in [1.54, 1.807) is 28.4 Å². The van der Waals surface area contributed by atoms with Crippen molar-refractivity contribution in [2.75, 3.05) is 35.0 Å². The van der Waals surface area contributed by atoms with E-state index in [9.17, 15) is 0 Å². The molecule has 0 atom stereocenters. The van der Waals surface area contributed by atoms with Crippen molar-refractivity contribution in [1.82, 2.24) is 5.32 Å². The summed E-state index contributed by atoms with van der Waals surface area (Å²) in [5.74, 6) is 1.15. The highest BCUT2D eigenvalue weighted by Crippen LogP contribution is 2.37. The largest absolute Gasteiger partial charge is 0.493 e. The third kappa shape index (κ3) is 4.24. The minimum Gasteiger partial charge on any atom is -0.493 e. The second-order valence-electron chi connectivity index (χ2n) is 3.81. The van der Waals surface area contributed by atoms with E-state index in [-0.39, 0.29) is 6.29 Å². The van der Waals surface area contributed by atoms with Gasteiger partial charge < -0.3 is 24.3 Å². The van der Waals surface area contributed by atoms with Crippen LogP contribution in [0, 0.1) is 0 Å². The molecule has 0 aromatic heterocycles. The van der Waals surface area contributed by atoms with Crippen LogP contribution in [0.3, 0.4) is 0 Å². The van der Waals surface area contributed by atoms with Gasteiger partial charge in [-0.1, -0.05) is 17.7 Å². The van der Waals surface area contributed by atoms with Crippen LogP contribution < -0.4 is 14.8 Å². The Balaban J connectivity index is 2.69. The highest BCUT2D eigenvalue weighted by atomic mass is 35.5. The maximum absolute atomic E-state index is 6.27. The fraction of sp³-hybridized carbons (Fsp3) is 0.538. The van der Waals surface area contributed by atoms with Gasteiger partial charge in [0, 0.05) is 27.3 Å². The Bertz CT molecular complexity index is 396. The molecule has 0 radical (unpaired) electrons. The van der Waals surface area contributed by atoms with Gasteiger partial charge in [0.25, 0.3) is 0 Å². The molecule has 0 saturated carbocycles. The number of benzene rings is 1. The molecule has 1 rings (SSSR count). The Morgan fingerprint density at radius 3 is 2.32 bits per heavy atom. The van der Waals surface area contributed by atoms with Crippen LogP contribution in [0.2, 0.25) is 5.02 Å². The molecule has 108 valence electrons. The van der Waals surface area contributed by atoms with Gasteiger partial charge in [-0.3, -0.25) is 0 Å². The zero-order chi connectivity index (χ0) is 14.3. The molecule has 1 N–H and O–H groups in total. The molecule has 0 heterocycles. The number of halogens is 1. The Morgan fingerprint density at radius 2 is 1.79 bits per heavy atom. The molecule has 0 aliphatic rings. The van der Waals surface area contributed by atoms with Crippen molar-refractivity contribution in [1.29, 1.82) is 0 Å². The molecule has 1 aromatic rings. The van der Waals surface area contributed by atoms with Gasteiger partial charge in [-0.05, 0) is 11.6 Å². The third-order valence-corrected chi connectivity index (χ3v) is 3.13. The van der Waals surface area contributed by atoms with E-state index in [4.69, 9.17) is 30.5 Å². The molecule has 19 heavy (non-hydrogen) atoms. The van der Waals surface area contributed by atoms with Crippen molar-refractivity contribution in [2.24, 2.45) is 0 Å². The summed E-state index contributed by atoms with van der Waals surface area (Å²) in [4.78, 5) is 0. The van der Waals surface area contributed by atoms with Crippen molar-refractivity contribution in [3.63, 3.8) is 0 Å². The number of hydrogen-bond acceptors (Lipinski definition) is 5. The highest BCUT2D eigenvalue weighted by Gasteiger charge is 2.13. The van der Waals surface area contributed by atoms with Gasteiger partial charge >= 0.3 is 0 Å². The van der Waals surface area contributed by atoms with Crippen LogP contribution in [0.4, 0.5) is 0 Å². The first-order valence-electron chi connectivity index (χ1n) is 5.83. The van der Waals surface area contributed by atoms with E-state index in [1.165, 1.54) is 0 Å². The van der Waals surface area contributed by atoms with Crippen molar-refractivity contribution in [3.8, 4) is 11.5 Å². The zero-order valence-corrected chi connectivity index (χ0v) is 12.4. The van der Waals surface area contributed by atoms with Crippen molar-refractivity contribution < 1.29 is 18.9 Å². The maximum Gasteiger partial charge on any atom is 0.179 e. The fourth-order valence-electron chi connectivity index (χ4n) is 1.65. The Morgan fingerprint density at radius 1 is 1.11 bits per heavy atom. The molecule has 1 aromatic carbocycles. The Hall–Kier alpha value is -1.01. The van der Waals surface area contributed by atoms with Gasteiger partial charge in [0.1, 0.15) is 0 Å². The van der Waals surface area contributed by atoms with E-state index in [0.717, 1.165) is 5.56 Å². The van der Waals surface area contributed by atoms with E-state index < -0.39 is 0 Å². The van der Waals surface area contributed by atoms with E-state index >= 15 is 0 Å². The van der Waals surface area contributed by atoms with Gasteiger partial charge in [-0.25, -0.2) is 0 Å². The number of nitrogens with one attached hydrogen (secondary N) is 1. The summed E-state index contributed by atoms with van der Waals surface area (Å²) in [5, 5.41) is 3.74. The number of methoxy groups -OCH3 is 4. The van der Waals surface area contributed by atoms with Gasteiger partial charge in [0.15, 0.2) is 17.8 Å². The minimum atomic E-state index is -0.279.